The van der Waals surface area contributed by atoms with E-state index >= 15 is 0 Å². The van der Waals surface area contributed by atoms with Gasteiger partial charge in [0, 0.05) is 0 Å². The summed E-state index contributed by atoms with van der Waals surface area (Å²) in [5, 5.41) is 0. The summed E-state index contributed by atoms with van der Waals surface area (Å²) in [7, 11) is 7.02. The van der Waals surface area contributed by atoms with E-state index < -0.39 is 32.5 Å². The second-order valence-corrected chi connectivity index (χ2v) is 22.7. The van der Waals surface area contributed by atoms with Crippen molar-refractivity contribution in [3.63, 3.8) is 0 Å². The van der Waals surface area contributed by atoms with Gasteiger partial charge in [-0.3, -0.25) is 0 Å². The predicted octanol–water partition coefficient (Wildman–Crippen LogP) is 7.81. The van der Waals surface area contributed by atoms with Gasteiger partial charge in [0.15, 0.2) is 0 Å². The molecular formula is C37H46Cl2Ge2. The molecule has 0 N–H and O–H groups in total. The first-order chi connectivity index (χ1) is 19.5. The summed E-state index contributed by atoms with van der Waals surface area (Å²) >= 11 is 2.33. The third kappa shape index (κ3) is 7.94. The molecule has 0 amide bonds. The van der Waals surface area contributed by atoms with E-state index in [9.17, 15) is 0 Å². The van der Waals surface area contributed by atoms with E-state index in [-0.39, 0.29) is 0 Å². The van der Waals surface area contributed by atoms with E-state index in [1.54, 1.807) is 0 Å². The standard InChI is InChI=1S/C19H24ClGe.C18H22ClGe/c1-12-7-14(3)18(15(4)8-12)21(11-20)19-16(5)9-13(2)10-17(19)6;1-11-7-13(3)17(14(4)8-11)20(19)18-15(5)9-12(2)10-16(18)6/h7-10H,11H2,1-6H3;7-10H,1-6H3/i11D;. The van der Waals surface area contributed by atoms with Crippen molar-refractivity contribution in [2.24, 2.45) is 0 Å². The molecule has 0 saturated carbocycles. The molecule has 4 heteroatoms. The minimum atomic E-state index is -2.13. The van der Waals surface area contributed by atoms with Crippen LogP contribution in [0.15, 0.2) is 48.5 Å². The van der Waals surface area contributed by atoms with Gasteiger partial charge in [-0.2, -0.15) is 0 Å². The molecule has 0 spiro atoms. The van der Waals surface area contributed by atoms with Crippen LogP contribution in [0.3, 0.4) is 0 Å². The molecule has 0 nitrogen and oxygen atoms in total. The molecule has 0 aliphatic rings. The molecular weight excluding hydrogens is 661 g/mol. The fourth-order valence-electron chi connectivity index (χ4n) is 6.62. The molecule has 1 atom stereocenters. The zero-order chi connectivity index (χ0) is 31.6. The van der Waals surface area contributed by atoms with Crippen LogP contribution in [0.2, 0.25) is 0 Å². The number of rotatable bonds is 5. The second kappa shape index (κ2) is 14.3. The van der Waals surface area contributed by atoms with E-state index in [0.717, 1.165) is 0 Å². The molecule has 0 bridgehead atoms. The van der Waals surface area contributed by atoms with Crippen molar-refractivity contribution in [3.05, 3.63) is 115 Å². The number of hydrogen-bond donors (Lipinski definition) is 0. The summed E-state index contributed by atoms with van der Waals surface area (Å²) in [4.78, 5) is 0. The van der Waals surface area contributed by atoms with E-state index in [2.05, 4.69) is 132 Å². The minimum absolute atomic E-state index is 0.528. The maximum absolute atomic E-state index is 8.34. The SMILES string of the molecule is Cc1cc(C)[c]([Ge]([Cl])[c]2c(C)cc(C)cc2C)c(C)c1.[2H][CH](Cl)[Ge]([c]1c(C)cc(C)cc1C)[c]1c(C)cc(C)cc1C. The fraction of sp³-hybridized carbons (Fsp3) is 0.351. The monoisotopic (exact) mass is 709 g/mol. The Labute approximate surface area is 269 Å². The summed E-state index contributed by atoms with van der Waals surface area (Å²) < 4.78 is 13.4. The Morgan fingerprint density at radius 2 is 0.634 bits per heavy atom. The van der Waals surface area contributed by atoms with Crippen molar-refractivity contribution in [2.75, 3.05) is 4.69 Å². The van der Waals surface area contributed by atoms with Gasteiger partial charge in [0.2, 0.25) is 0 Å². The zero-order valence-electron chi connectivity index (χ0n) is 28.0. The van der Waals surface area contributed by atoms with Crippen molar-refractivity contribution >= 4 is 67.0 Å². The molecule has 0 fully saturated rings. The predicted molar refractivity (Wildman–Crippen MR) is 189 cm³/mol. The Kier molecular flexibility index (Phi) is 11.4. The van der Waals surface area contributed by atoms with E-state index in [0.29, 0.717) is 0 Å². The first-order valence-corrected chi connectivity index (χ1v) is 22.9. The van der Waals surface area contributed by atoms with E-state index in [1.165, 1.54) is 84.3 Å². The summed E-state index contributed by atoms with van der Waals surface area (Å²) in [6.07, 6.45) is 0. The van der Waals surface area contributed by atoms with E-state index in [4.69, 9.17) is 23.0 Å². The van der Waals surface area contributed by atoms with Crippen molar-refractivity contribution in [1.29, 1.82) is 0 Å². The van der Waals surface area contributed by atoms with Gasteiger partial charge in [0.25, 0.3) is 0 Å². The molecule has 0 aromatic heterocycles. The third-order valence-electron chi connectivity index (χ3n) is 7.79. The molecule has 4 aromatic carbocycles. The third-order valence-corrected chi connectivity index (χ3v) is 22.1. The second-order valence-electron chi connectivity index (χ2n) is 11.9. The molecule has 4 rings (SSSR count). The van der Waals surface area contributed by atoms with Crippen LogP contribution in [-0.4, -0.2) is 32.5 Å². The molecule has 216 valence electrons. The van der Waals surface area contributed by atoms with Crippen LogP contribution in [0.1, 0.15) is 68.1 Å². The van der Waals surface area contributed by atoms with Crippen molar-refractivity contribution in [2.45, 2.75) is 83.1 Å². The quantitative estimate of drug-likeness (QED) is 0.147. The van der Waals surface area contributed by atoms with Gasteiger partial charge in [0.05, 0.1) is 0 Å². The van der Waals surface area contributed by atoms with Crippen LogP contribution in [0.25, 0.3) is 0 Å². The molecule has 0 aliphatic carbocycles. The number of halogens is 2. The Morgan fingerprint density at radius 3 is 0.829 bits per heavy atom. The summed E-state index contributed by atoms with van der Waals surface area (Å²) in [6, 6.07) is 18.0. The number of benzene rings is 4. The van der Waals surface area contributed by atoms with Crippen LogP contribution in [0.4, 0.5) is 0 Å². The summed E-state index contributed by atoms with van der Waals surface area (Å²) in [5.41, 5.74) is 15.8. The molecule has 1 unspecified atom stereocenters. The van der Waals surface area contributed by atoms with Crippen LogP contribution >= 0.6 is 21.6 Å². The first kappa shape index (κ1) is 32.5. The molecule has 0 saturated heterocycles. The van der Waals surface area contributed by atoms with Crippen LogP contribution < -0.4 is 17.6 Å². The number of alkyl halides is 1. The molecule has 41 heavy (non-hydrogen) atoms. The molecule has 4 aromatic rings. The molecule has 0 heterocycles. The van der Waals surface area contributed by atoms with Gasteiger partial charge in [-0.15, -0.1) is 0 Å². The van der Waals surface area contributed by atoms with Crippen molar-refractivity contribution in [1.82, 2.24) is 0 Å². The normalized spacial score (nSPS) is 12.3. The van der Waals surface area contributed by atoms with Crippen LogP contribution in [-0.2, 0) is 0 Å². The Bertz CT molecular complexity index is 1400. The summed E-state index contributed by atoms with van der Waals surface area (Å²) in [6.45, 7) is 26.0. The average molecular weight is 708 g/mol. The molecule has 0 aliphatic heterocycles. The van der Waals surface area contributed by atoms with Gasteiger partial charge in [-0.25, -0.2) is 0 Å². The van der Waals surface area contributed by atoms with Gasteiger partial charge in [-0.05, 0) is 0 Å². The van der Waals surface area contributed by atoms with E-state index in [1.807, 2.05) is 0 Å². The Morgan fingerprint density at radius 1 is 0.439 bits per heavy atom. The van der Waals surface area contributed by atoms with Crippen LogP contribution in [0, 0.1) is 83.1 Å². The van der Waals surface area contributed by atoms with Gasteiger partial charge in [0.1, 0.15) is 0 Å². The zero-order valence-corrected chi connectivity index (χ0v) is 32.7. The topological polar surface area (TPSA) is 0 Å². The Hall–Kier alpha value is -1.45. The average Bonchev–Trinajstić information content (AvgIpc) is 2.81. The van der Waals surface area contributed by atoms with Gasteiger partial charge < -0.3 is 0 Å². The fourth-order valence-corrected chi connectivity index (χ4v) is 20.0. The number of aryl methyl sites for hydroxylation is 12. The van der Waals surface area contributed by atoms with Gasteiger partial charge in [-0.1, -0.05) is 0 Å². The molecule has 2 radical (unpaired) electrons. The van der Waals surface area contributed by atoms with Crippen molar-refractivity contribution < 1.29 is 1.37 Å². The maximum atomic E-state index is 8.34. The van der Waals surface area contributed by atoms with Gasteiger partial charge >= 0.3 is 271 Å². The summed E-state index contributed by atoms with van der Waals surface area (Å²) in [5.74, 6) is 0. The van der Waals surface area contributed by atoms with Crippen molar-refractivity contribution in [3.8, 4) is 0 Å². The first-order valence-electron chi connectivity index (χ1n) is 14.9. The van der Waals surface area contributed by atoms with Crippen LogP contribution in [0.5, 0.6) is 0 Å². The Balaban J connectivity index is 0.000000231. The number of hydrogen-bond acceptors (Lipinski definition) is 0.